The van der Waals surface area contributed by atoms with Crippen LogP contribution in [0.2, 0.25) is 0 Å². The summed E-state index contributed by atoms with van der Waals surface area (Å²) in [6, 6.07) is 6.62. The third kappa shape index (κ3) is 3.18. The van der Waals surface area contributed by atoms with E-state index in [4.69, 9.17) is 4.98 Å². The predicted molar refractivity (Wildman–Crippen MR) is 90.1 cm³/mol. The van der Waals surface area contributed by atoms with Gasteiger partial charge >= 0.3 is 0 Å². The molecule has 1 fully saturated rings. The fourth-order valence-corrected chi connectivity index (χ4v) is 3.28. The molecular formula is C18H25N3. The predicted octanol–water partition coefficient (Wildman–Crippen LogP) is 3.67. The molecule has 0 unspecified atom stereocenters. The van der Waals surface area contributed by atoms with E-state index in [2.05, 4.69) is 49.2 Å². The Morgan fingerprint density at radius 3 is 2.57 bits per heavy atom. The van der Waals surface area contributed by atoms with Crippen LogP contribution in [0.5, 0.6) is 0 Å². The average molecular weight is 283 g/mol. The van der Waals surface area contributed by atoms with Gasteiger partial charge in [-0.1, -0.05) is 11.6 Å². The number of likely N-dealkylation sites (tertiary alicyclic amines) is 1. The standard InChI is InChI=1S/C18H25N3/c1-13-10-15(3)18-16(11-13)14(2)12-17(20-18)19-6-9-21-7-4-5-8-21/h10-12H,4-9H2,1-3H3,(H,19,20). The number of nitrogens with one attached hydrogen (secondary N) is 1. The van der Waals surface area contributed by atoms with E-state index in [9.17, 15) is 0 Å². The average Bonchev–Trinajstić information content (AvgIpc) is 2.93. The monoisotopic (exact) mass is 283 g/mol. The van der Waals surface area contributed by atoms with Gasteiger partial charge in [0, 0.05) is 18.5 Å². The van der Waals surface area contributed by atoms with E-state index < -0.39 is 0 Å². The molecule has 0 spiro atoms. The molecule has 3 nitrogen and oxygen atoms in total. The van der Waals surface area contributed by atoms with Gasteiger partial charge in [0.1, 0.15) is 5.82 Å². The van der Waals surface area contributed by atoms with Crippen molar-refractivity contribution in [3.8, 4) is 0 Å². The molecule has 1 aromatic heterocycles. The summed E-state index contributed by atoms with van der Waals surface area (Å²) in [5, 5.41) is 4.77. The Bertz CT molecular complexity index is 642. The van der Waals surface area contributed by atoms with E-state index in [-0.39, 0.29) is 0 Å². The molecule has 3 rings (SSSR count). The molecule has 3 heteroatoms. The normalized spacial score (nSPS) is 15.8. The lowest BCUT2D eigenvalue weighted by Crippen LogP contribution is -2.26. The Labute approximate surface area is 127 Å². The Kier molecular flexibility index (Phi) is 4.11. The van der Waals surface area contributed by atoms with Gasteiger partial charge in [-0.25, -0.2) is 4.98 Å². The van der Waals surface area contributed by atoms with Gasteiger partial charge in [-0.15, -0.1) is 0 Å². The maximum absolute atomic E-state index is 4.81. The van der Waals surface area contributed by atoms with Crippen molar-refractivity contribution in [1.82, 2.24) is 9.88 Å². The molecule has 21 heavy (non-hydrogen) atoms. The minimum Gasteiger partial charge on any atom is -0.369 e. The third-order valence-corrected chi connectivity index (χ3v) is 4.39. The first-order valence-electron chi connectivity index (χ1n) is 7.98. The summed E-state index contributed by atoms with van der Waals surface area (Å²) in [4.78, 5) is 7.33. The summed E-state index contributed by atoms with van der Waals surface area (Å²) in [6.07, 6.45) is 2.71. The van der Waals surface area contributed by atoms with Crippen molar-refractivity contribution in [2.24, 2.45) is 0 Å². The molecule has 0 amide bonds. The SMILES string of the molecule is Cc1cc(C)c2nc(NCCN3CCCC3)cc(C)c2c1. The zero-order valence-corrected chi connectivity index (χ0v) is 13.4. The van der Waals surface area contributed by atoms with Crippen LogP contribution in [-0.2, 0) is 0 Å². The van der Waals surface area contributed by atoms with E-state index >= 15 is 0 Å². The number of nitrogens with zero attached hydrogens (tertiary/aromatic N) is 2. The summed E-state index contributed by atoms with van der Waals surface area (Å²) < 4.78 is 0. The highest BCUT2D eigenvalue weighted by molar-refractivity contribution is 5.87. The highest BCUT2D eigenvalue weighted by Crippen LogP contribution is 2.24. The minimum absolute atomic E-state index is 0.975. The van der Waals surface area contributed by atoms with Crippen molar-refractivity contribution in [2.45, 2.75) is 33.6 Å². The van der Waals surface area contributed by atoms with Crippen LogP contribution in [-0.4, -0.2) is 36.1 Å². The van der Waals surface area contributed by atoms with E-state index in [0.29, 0.717) is 0 Å². The fraction of sp³-hybridized carbons (Fsp3) is 0.500. The van der Waals surface area contributed by atoms with Gasteiger partial charge in [-0.2, -0.15) is 0 Å². The van der Waals surface area contributed by atoms with Crippen molar-refractivity contribution in [1.29, 1.82) is 0 Å². The van der Waals surface area contributed by atoms with Gasteiger partial charge in [0.15, 0.2) is 0 Å². The van der Waals surface area contributed by atoms with Crippen LogP contribution in [0, 0.1) is 20.8 Å². The number of pyridine rings is 1. The van der Waals surface area contributed by atoms with Crippen molar-refractivity contribution in [3.05, 3.63) is 34.9 Å². The minimum atomic E-state index is 0.975. The van der Waals surface area contributed by atoms with Crippen molar-refractivity contribution < 1.29 is 0 Å². The molecule has 1 N–H and O–H groups in total. The molecule has 1 saturated heterocycles. The second-order valence-corrected chi connectivity index (χ2v) is 6.28. The van der Waals surface area contributed by atoms with Crippen molar-refractivity contribution in [2.75, 3.05) is 31.5 Å². The smallest absolute Gasteiger partial charge is 0.126 e. The molecule has 0 bridgehead atoms. The first-order valence-corrected chi connectivity index (χ1v) is 7.98. The molecular weight excluding hydrogens is 258 g/mol. The Hall–Kier alpha value is -1.61. The fourth-order valence-electron chi connectivity index (χ4n) is 3.28. The maximum atomic E-state index is 4.81. The second kappa shape index (κ2) is 6.02. The van der Waals surface area contributed by atoms with E-state index in [1.165, 1.54) is 48.0 Å². The van der Waals surface area contributed by atoms with Crippen LogP contribution in [0.25, 0.3) is 10.9 Å². The number of anilines is 1. The first kappa shape index (κ1) is 14.3. The quantitative estimate of drug-likeness (QED) is 0.928. The van der Waals surface area contributed by atoms with Crippen molar-refractivity contribution in [3.63, 3.8) is 0 Å². The van der Waals surface area contributed by atoms with Gasteiger partial charge in [0.2, 0.25) is 0 Å². The highest BCUT2D eigenvalue weighted by Gasteiger charge is 2.11. The lowest BCUT2D eigenvalue weighted by atomic mass is 10.0. The van der Waals surface area contributed by atoms with Crippen LogP contribution < -0.4 is 5.32 Å². The number of benzene rings is 1. The number of rotatable bonds is 4. The van der Waals surface area contributed by atoms with Crippen LogP contribution in [0.3, 0.4) is 0 Å². The summed E-state index contributed by atoms with van der Waals surface area (Å²) in [5.74, 6) is 1.01. The van der Waals surface area contributed by atoms with E-state index in [0.717, 1.165) is 24.4 Å². The molecule has 112 valence electrons. The molecule has 2 heterocycles. The third-order valence-electron chi connectivity index (χ3n) is 4.39. The molecule has 0 saturated carbocycles. The number of hydrogen-bond acceptors (Lipinski definition) is 3. The van der Waals surface area contributed by atoms with Gasteiger partial charge in [0.05, 0.1) is 5.52 Å². The van der Waals surface area contributed by atoms with Gasteiger partial charge < -0.3 is 10.2 Å². The van der Waals surface area contributed by atoms with Crippen molar-refractivity contribution >= 4 is 16.7 Å². The molecule has 0 aliphatic carbocycles. The Morgan fingerprint density at radius 2 is 1.81 bits per heavy atom. The summed E-state index contributed by atoms with van der Waals surface area (Å²) in [7, 11) is 0. The first-order chi connectivity index (χ1) is 10.1. The number of hydrogen-bond donors (Lipinski definition) is 1. The highest BCUT2D eigenvalue weighted by atomic mass is 15.2. The topological polar surface area (TPSA) is 28.2 Å². The summed E-state index contributed by atoms with van der Waals surface area (Å²) in [6.45, 7) is 11.1. The van der Waals surface area contributed by atoms with E-state index in [1.807, 2.05) is 0 Å². The molecule has 1 aliphatic rings. The Balaban J connectivity index is 1.76. The lowest BCUT2D eigenvalue weighted by Gasteiger charge is -2.16. The van der Waals surface area contributed by atoms with Gasteiger partial charge in [-0.3, -0.25) is 0 Å². The van der Waals surface area contributed by atoms with Gasteiger partial charge in [-0.05, 0) is 70.0 Å². The van der Waals surface area contributed by atoms with Crippen LogP contribution in [0.1, 0.15) is 29.5 Å². The molecule has 1 aliphatic heterocycles. The Morgan fingerprint density at radius 1 is 1.05 bits per heavy atom. The van der Waals surface area contributed by atoms with Crippen LogP contribution in [0.4, 0.5) is 5.82 Å². The largest absolute Gasteiger partial charge is 0.369 e. The molecule has 0 radical (unpaired) electrons. The zero-order valence-electron chi connectivity index (χ0n) is 13.4. The number of aromatic nitrogens is 1. The molecule has 0 atom stereocenters. The lowest BCUT2D eigenvalue weighted by molar-refractivity contribution is 0.352. The molecule has 1 aromatic carbocycles. The van der Waals surface area contributed by atoms with Gasteiger partial charge in [0.25, 0.3) is 0 Å². The summed E-state index contributed by atoms with van der Waals surface area (Å²) >= 11 is 0. The van der Waals surface area contributed by atoms with Crippen LogP contribution >= 0.6 is 0 Å². The number of fused-ring (bicyclic) bond motifs is 1. The maximum Gasteiger partial charge on any atom is 0.126 e. The van der Waals surface area contributed by atoms with Crippen LogP contribution in [0.15, 0.2) is 18.2 Å². The molecule has 2 aromatic rings. The second-order valence-electron chi connectivity index (χ2n) is 6.28. The summed E-state index contributed by atoms with van der Waals surface area (Å²) in [5.41, 5.74) is 5.00. The van der Waals surface area contributed by atoms with E-state index in [1.54, 1.807) is 0 Å². The number of aryl methyl sites for hydroxylation is 3. The zero-order chi connectivity index (χ0) is 14.8.